The molecule has 0 aliphatic carbocycles. The van der Waals surface area contributed by atoms with Crippen LogP contribution in [-0.4, -0.2) is 25.3 Å². The van der Waals surface area contributed by atoms with Crippen molar-refractivity contribution in [1.29, 1.82) is 0 Å². The van der Waals surface area contributed by atoms with Crippen molar-refractivity contribution in [3.8, 4) is 34.5 Å². The third kappa shape index (κ3) is 7.67. The molecule has 182 valence electrons. The van der Waals surface area contributed by atoms with Gasteiger partial charge in [0.15, 0.2) is 6.10 Å². The minimum atomic E-state index is -0.643. The van der Waals surface area contributed by atoms with Crippen molar-refractivity contribution in [2.24, 2.45) is 0 Å². The molecule has 4 rings (SSSR count). The van der Waals surface area contributed by atoms with E-state index >= 15 is 0 Å². The summed E-state index contributed by atoms with van der Waals surface area (Å²) >= 11 is 0. The molecule has 0 bridgehead atoms. The number of esters is 1. The Hall–Kier alpha value is -4.71. The van der Waals surface area contributed by atoms with Crippen LogP contribution in [0.25, 0.3) is 0 Å². The topological polar surface area (TPSA) is 63.2 Å². The van der Waals surface area contributed by atoms with Crippen molar-refractivity contribution >= 4 is 5.97 Å². The summed E-state index contributed by atoms with van der Waals surface area (Å²) in [6.07, 6.45) is 0.467. The maximum absolute atomic E-state index is 11.8. The molecule has 0 N–H and O–H groups in total. The van der Waals surface area contributed by atoms with E-state index in [2.05, 4.69) is 6.58 Å². The minimum absolute atomic E-state index is 0.105. The van der Waals surface area contributed by atoms with E-state index in [1.54, 1.807) is 24.3 Å². The first-order valence-corrected chi connectivity index (χ1v) is 11.4. The largest absolute Gasteiger partial charge is 0.490 e. The Labute approximate surface area is 210 Å². The van der Waals surface area contributed by atoms with Crippen molar-refractivity contribution in [1.82, 2.24) is 0 Å². The number of benzene rings is 4. The van der Waals surface area contributed by atoms with Crippen molar-refractivity contribution in [3.05, 3.63) is 122 Å². The lowest BCUT2D eigenvalue weighted by Gasteiger charge is -2.19. The highest BCUT2D eigenvalue weighted by Crippen LogP contribution is 2.25. The van der Waals surface area contributed by atoms with Gasteiger partial charge in [-0.25, -0.2) is 4.79 Å². The van der Waals surface area contributed by atoms with Gasteiger partial charge in [-0.1, -0.05) is 43.0 Å². The predicted octanol–water partition coefficient (Wildman–Crippen LogP) is 6.83. The number of ether oxygens (including phenoxy) is 5. The average molecular weight is 483 g/mol. The fraction of sp³-hybridized carbons (Fsp3) is 0.100. The Morgan fingerprint density at radius 1 is 0.583 bits per heavy atom. The molecule has 0 radical (unpaired) electrons. The first-order chi connectivity index (χ1) is 17.7. The molecule has 4 aromatic rings. The van der Waals surface area contributed by atoms with Crippen molar-refractivity contribution in [2.75, 3.05) is 13.2 Å². The van der Waals surface area contributed by atoms with E-state index in [0.717, 1.165) is 17.6 Å². The van der Waals surface area contributed by atoms with Gasteiger partial charge < -0.3 is 23.7 Å². The van der Waals surface area contributed by atoms with Gasteiger partial charge in [-0.05, 0) is 72.8 Å². The van der Waals surface area contributed by atoms with Crippen molar-refractivity contribution in [3.63, 3.8) is 0 Å². The molecule has 0 fully saturated rings. The lowest BCUT2D eigenvalue weighted by Crippen LogP contribution is -2.30. The van der Waals surface area contributed by atoms with E-state index in [1.165, 1.54) is 0 Å². The first kappa shape index (κ1) is 24.4. The summed E-state index contributed by atoms with van der Waals surface area (Å²) in [5.41, 5.74) is 0. The maximum Gasteiger partial charge on any atom is 0.330 e. The molecule has 4 aromatic carbocycles. The molecule has 0 saturated heterocycles. The highest BCUT2D eigenvalue weighted by atomic mass is 16.6. The molecule has 0 heterocycles. The smallest absolute Gasteiger partial charge is 0.330 e. The SMILES string of the molecule is C=CC(=O)OC(COc1ccc(Oc2ccccc2)cc1)COc1ccc(Oc2ccccc2)cc1. The van der Waals surface area contributed by atoms with E-state index in [0.29, 0.717) is 23.0 Å². The number of para-hydroxylation sites is 2. The first-order valence-electron chi connectivity index (χ1n) is 11.4. The quantitative estimate of drug-likeness (QED) is 0.163. The molecule has 0 aromatic heterocycles. The van der Waals surface area contributed by atoms with Gasteiger partial charge in [-0.2, -0.15) is 0 Å². The normalized spacial score (nSPS) is 10.4. The monoisotopic (exact) mass is 482 g/mol. The highest BCUT2D eigenvalue weighted by molar-refractivity contribution is 5.81. The Bertz CT molecular complexity index is 1130. The summed E-state index contributed by atoms with van der Waals surface area (Å²) in [7, 11) is 0. The Kier molecular flexibility index (Phi) is 8.59. The third-order valence-corrected chi connectivity index (χ3v) is 4.93. The molecule has 6 nitrogen and oxygen atoms in total. The van der Waals surface area contributed by atoms with Gasteiger partial charge in [0.25, 0.3) is 0 Å². The molecule has 0 unspecified atom stereocenters. The lowest BCUT2D eigenvalue weighted by atomic mass is 10.3. The van der Waals surface area contributed by atoms with Crippen LogP contribution in [0.2, 0.25) is 0 Å². The predicted molar refractivity (Wildman–Crippen MR) is 137 cm³/mol. The summed E-state index contributed by atoms with van der Waals surface area (Å²) in [5, 5.41) is 0. The van der Waals surface area contributed by atoms with Gasteiger partial charge in [0.1, 0.15) is 47.7 Å². The summed E-state index contributed by atoms with van der Waals surface area (Å²) in [4.78, 5) is 11.8. The minimum Gasteiger partial charge on any atom is -0.490 e. The van der Waals surface area contributed by atoms with Gasteiger partial charge in [-0.15, -0.1) is 0 Å². The third-order valence-electron chi connectivity index (χ3n) is 4.93. The van der Waals surface area contributed by atoms with E-state index in [9.17, 15) is 4.79 Å². The Morgan fingerprint density at radius 3 is 1.33 bits per heavy atom. The van der Waals surface area contributed by atoms with Crippen LogP contribution in [0.15, 0.2) is 122 Å². The maximum atomic E-state index is 11.8. The van der Waals surface area contributed by atoms with Gasteiger partial charge in [0.2, 0.25) is 0 Å². The molecule has 0 aliphatic heterocycles. The fourth-order valence-electron chi connectivity index (χ4n) is 3.16. The summed E-state index contributed by atoms with van der Waals surface area (Å²) in [6.45, 7) is 3.66. The van der Waals surface area contributed by atoms with Crippen molar-refractivity contribution < 1.29 is 28.5 Å². The van der Waals surface area contributed by atoms with Gasteiger partial charge >= 0.3 is 5.97 Å². The van der Waals surface area contributed by atoms with Crippen LogP contribution in [0.4, 0.5) is 0 Å². The van der Waals surface area contributed by atoms with E-state index in [-0.39, 0.29) is 13.2 Å². The zero-order chi connectivity index (χ0) is 25.0. The highest BCUT2D eigenvalue weighted by Gasteiger charge is 2.16. The lowest BCUT2D eigenvalue weighted by molar-refractivity contribution is -0.146. The Balaban J connectivity index is 1.30. The second-order valence-corrected chi connectivity index (χ2v) is 7.66. The van der Waals surface area contributed by atoms with Crippen molar-refractivity contribution in [2.45, 2.75) is 6.10 Å². The number of carbonyl (C=O) groups is 1. The molecular weight excluding hydrogens is 456 g/mol. The molecule has 0 saturated carbocycles. The molecule has 6 heteroatoms. The standard InChI is InChI=1S/C30H26O6/c1-2-30(31)36-29(21-32-23-13-17-27(18-14-23)34-25-9-5-3-6-10-25)22-33-24-15-19-28(20-16-24)35-26-11-7-4-8-12-26/h2-20,29H,1,21-22H2. The summed E-state index contributed by atoms with van der Waals surface area (Å²) in [5.74, 6) is 3.54. The van der Waals surface area contributed by atoms with E-state index < -0.39 is 12.1 Å². The van der Waals surface area contributed by atoms with E-state index in [4.69, 9.17) is 23.7 Å². The number of carbonyl (C=O) groups excluding carboxylic acids is 1. The van der Waals surface area contributed by atoms with Crippen LogP contribution in [0.5, 0.6) is 34.5 Å². The average Bonchev–Trinajstić information content (AvgIpc) is 2.93. The zero-order valence-corrected chi connectivity index (χ0v) is 19.6. The summed E-state index contributed by atoms with van der Waals surface area (Å²) in [6, 6.07) is 33.4. The second-order valence-electron chi connectivity index (χ2n) is 7.66. The van der Waals surface area contributed by atoms with Crippen LogP contribution >= 0.6 is 0 Å². The second kappa shape index (κ2) is 12.7. The molecule has 0 spiro atoms. The number of hydrogen-bond acceptors (Lipinski definition) is 6. The molecule has 0 atom stereocenters. The fourth-order valence-corrected chi connectivity index (χ4v) is 3.16. The van der Waals surface area contributed by atoms with Crippen LogP contribution < -0.4 is 18.9 Å². The van der Waals surface area contributed by atoms with Crippen LogP contribution in [0, 0.1) is 0 Å². The van der Waals surface area contributed by atoms with E-state index in [1.807, 2.05) is 84.9 Å². The van der Waals surface area contributed by atoms with Crippen LogP contribution in [-0.2, 0) is 9.53 Å². The van der Waals surface area contributed by atoms with Gasteiger partial charge in [0.05, 0.1) is 0 Å². The van der Waals surface area contributed by atoms with Crippen LogP contribution in [0.3, 0.4) is 0 Å². The van der Waals surface area contributed by atoms with Crippen LogP contribution in [0.1, 0.15) is 0 Å². The van der Waals surface area contributed by atoms with Gasteiger partial charge in [-0.3, -0.25) is 0 Å². The van der Waals surface area contributed by atoms with Gasteiger partial charge in [0, 0.05) is 6.08 Å². The zero-order valence-electron chi connectivity index (χ0n) is 19.6. The molecule has 36 heavy (non-hydrogen) atoms. The molecule has 0 aliphatic rings. The molecular formula is C30H26O6. The number of rotatable bonds is 12. The molecule has 0 amide bonds. The summed E-state index contributed by atoms with van der Waals surface area (Å²) < 4.78 is 28.6. The number of hydrogen-bond donors (Lipinski definition) is 0. The Morgan fingerprint density at radius 2 is 0.944 bits per heavy atom.